The third-order valence-corrected chi connectivity index (χ3v) is 1.90. The maximum Gasteiger partial charge on any atom is 0.264 e. The third-order valence-electron chi connectivity index (χ3n) is 0.536. The van der Waals surface area contributed by atoms with Gasteiger partial charge in [-0.25, -0.2) is 0 Å². The summed E-state index contributed by atoms with van der Waals surface area (Å²) in [5.41, 5.74) is 0. The molecule has 0 spiro atoms. The summed E-state index contributed by atoms with van der Waals surface area (Å²) in [6.45, 7) is 0. The fraction of sp³-hybridized carbons (Fsp3) is 1.00. The van der Waals surface area contributed by atoms with Crippen molar-refractivity contribution in [3.8, 4) is 0 Å². The first-order valence-electron chi connectivity index (χ1n) is 2.07. The fourth-order valence-electron chi connectivity index (χ4n) is 0.237. The molecule has 0 saturated carbocycles. The summed E-state index contributed by atoms with van der Waals surface area (Å²) in [6, 6.07) is 0. The Hall–Kier alpha value is 1.39. The maximum atomic E-state index is 9.92. The van der Waals surface area contributed by atoms with Crippen LogP contribution in [0.4, 0.5) is 0 Å². The van der Waals surface area contributed by atoms with Crippen LogP contribution in [0.15, 0.2) is 0 Å². The van der Waals surface area contributed by atoms with Gasteiger partial charge < -0.3 is 0 Å². The first-order valence-corrected chi connectivity index (χ1v) is 4.80. The Morgan fingerprint density at radius 3 is 2.00 bits per heavy atom. The summed E-state index contributed by atoms with van der Waals surface area (Å²) in [6.07, 6.45) is 0.457. The van der Waals surface area contributed by atoms with Crippen LogP contribution in [-0.2, 0) is 10.1 Å². The third kappa shape index (κ3) is 12.6. The Bertz CT molecular complexity index is 143. The van der Waals surface area contributed by atoms with E-state index in [1.807, 2.05) is 0 Å². The van der Waals surface area contributed by atoms with Gasteiger partial charge in [-0.2, -0.15) is 8.42 Å². The number of hydrogen-bond donors (Lipinski definition) is 1. The summed E-state index contributed by atoms with van der Waals surface area (Å²) in [7, 11) is -3.72. The van der Waals surface area contributed by atoms with E-state index in [-0.39, 0.29) is 35.3 Å². The van der Waals surface area contributed by atoms with Crippen molar-refractivity contribution >= 4 is 55.6 Å². The van der Waals surface area contributed by atoms with Gasteiger partial charge in [-0.3, -0.25) is 4.55 Å². The second-order valence-corrected chi connectivity index (χ2v) is 3.69. The topological polar surface area (TPSA) is 54.4 Å². The van der Waals surface area contributed by atoms with Gasteiger partial charge in [0.05, 0.1) is 5.75 Å². The molecule has 0 aliphatic rings. The van der Waals surface area contributed by atoms with Crippen molar-refractivity contribution in [3.05, 3.63) is 0 Å². The van der Waals surface area contributed by atoms with Crippen LogP contribution < -0.4 is 0 Å². The molecule has 0 unspecified atom stereocenters. The summed E-state index contributed by atoms with van der Waals surface area (Å²) in [5.74, 6) is -0.155. The molecule has 6 heteroatoms. The van der Waals surface area contributed by atoms with Crippen LogP contribution in [-0.4, -0.2) is 53.6 Å². The first kappa shape index (κ1) is 13.0. The normalized spacial score (nSPS) is 10.4. The predicted molar refractivity (Wildman–Crippen MR) is 40.6 cm³/mol. The molecule has 0 bridgehead atoms. The predicted octanol–water partition coefficient (Wildman–Crippen LogP) is 0.278. The van der Waals surface area contributed by atoms with Crippen molar-refractivity contribution in [3.63, 3.8) is 0 Å². The quantitative estimate of drug-likeness (QED) is 0.427. The van der Waals surface area contributed by atoms with Gasteiger partial charge in [0.1, 0.15) is 0 Å². The summed E-state index contributed by atoms with van der Waals surface area (Å²) in [5, 5.41) is 0.604. The fourth-order valence-corrected chi connectivity index (χ4v) is 1.40. The van der Waals surface area contributed by atoms with E-state index in [9.17, 15) is 8.42 Å². The zero-order valence-electron chi connectivity index (χ0n) is 5.17. The number of rotatable bonds is 3. The van der Waals surface area contributed by atoms with E-state index in [2.05, 4.69) is 15.9 Å². The van der Waals surface area contributed by atoms with Gasteiger partial charge in [-0.1, -0.05) is 15.9 Å². The molecular formula is C3H7BrNaO3S. The van der Waals surface area contributed by atoms with Crippen LogP contribution in [0.25, 0.3) is 0 Å². The van der Waals surface area contributed by atoms with Gasteiger partial charge in [-0.15, -0.1) is 0 Å². The van der Waals surface area contributed by atoms with Gasteiger partial charge in [0.2, 0.25) is 0 Å². The van der Waals surface area contributed by atoms with E-state index >= 15 is 0 Å². The Labute approximate surface area is 85.4 Å². The molecule has 0 atom stereocenters. The van der Waals surface area contributed by atoms with E-state index in [0.29, 0.717) is 11.8 Å². The largest absolute Gasteiger partial charge is 0.286 e. The summed E-state index contributed by atoms with van der Waals surface area (Å²) >= 11 is 3.03. The second-order valence-electron chi connectivity index (χ2n) is 1.33. The Kier molecular flexibility index (Phi) is 8.85. The van der Waals surface area contributed by atoms with Crippen LogP contribution in [0.5, 0.6) is 0 Å². The van der Waals surface area contributed by atoms with Crippen LogP contribution in [0.1, 0.15) is 6.42 Å². The van der Waals surface area contributed by atoms with Crippen LogP contribution in [0.2, 0.25) is 0 Å². The molecule has 0 aromatic carbocycles. The van der Waals surface area contributed by atoms with Crippen molar-refractivity contribution in [2.24, 2.45) is 0 Å². The van der Waals surface area contributed by atoms with Crippen molar-refractivity contribution in [1.82, 2.24) is 0 Å². The number of halogens is 1. The van der Waals surface area contributed by atoms with Gasteiger partial charge in [0.25, 0.3) is 10.1 Å². The minimum atomic E-state index is -3.72. The first-order chi connectivity index (χ1) is 3.56. The molecule has 51 valence electrons. The molecule has 0 aromatic rings. The molecule has 0 aromatic heterocycles. The van der Waals surface area contributed by atoms with E-state index in [1.165, 1.54) is 0 Å². The summed E-state index contributed by atoms with van der Waals surface area (Å²) < 4.78 is 27.9. The van der Waals surface area contributed by atoms with E-state index in [1.54, 1.807) is 0 Å². The maximum absolute atomic E-state index is 9.92. The molecular weight excluding hydrogens is 219 g/mol. The van der Waals surface area contributed by atoms with Gasteiger partial charge in [0, 0.05) is 34.9 Å². The minimum absolute atomic E-state index is 0. The molecule has 0 amide bonds. The van der Waals surface area contributed by atoms with Crippen LogP contribution in [0.3, 0.4) is 0 Å². The SMILES string of the molecule is O=S(=O)(O)CCCBr.[Na]. The minimum Gasteiger partial charge on any atom is -0.286 e. The summed E-state index contributed by atoms with van der Waals surface area (Å²) in [4.78, 5) is 0. The Balaban J connectivity index is 0. The van der Waals surface area contributed by atoms with E-state index in [4.69, 9.17) is 4.55 Å². The van der Waals surface area contributed by atoms with Crippen LogP contribution in [0, 0.1) is 0 Å². The van der Waals surface area contributed by atoms with Gasteiger partial charge >= 0.3 is 0 Å². The van der Waals surface area contributed by atoms with Crippen molar-refractivity contribution in [2.45, 2.75) is 6.42 Å². The zero-order chi connectivity index (χ0) is 6.62. The molecule has 9 heavy (non-hydrogen) atoms. The van der Waals surface area contributed by atoms with Crippen molar-refractivity contribution in [1.29, 1.82) is 0 Å². The van der Waals surface area contributed by atoms with E-state index in [0.717, 1.165) is 0 Å². The average Bonchev–Trinajstić information content (AvgIpc) is 1.59. The van der Waals surface area contributed by atoms with E-state index < -0.39 is 10.1 Å². The standard InChI is InChI=1S/C3H7BrO3S.Na/c4-2-1-3-8(5,6)7;/h1-3H2,(H,5,6,7);. The molecule has 1 N–H and O–H groups in total. The molecule has 0 fully saturated rings. The Morgan fingerprint density at radius 2 is 1.89 bits per heavy atom. The molecule has 0 saturated heterocycles. The van der Waals surface area contributed by atoms with Crippen molar-refractivity contribution < 1.29 is 13.0 Å². The van der Waals surface area contributed by atoms with Crippen molar-refractivity contribution in [2.75, 3.05) is 11.1 Å². The molecule has 1 radical (unpaired) electrons. The second kappa shape index (κ2) is 6.12. The molecule has 0 heterocycles. The number of alkyl halides is 1. The average molecular weight is 226 g/mol. The monoisotopic (exact) mass is 225 g/mol. The smallest absolute Gasteiger partial charge is 0.264 e. The molecule has 0 aliphatic carbocycles. The Morgan fingerprint density at radius 1 is 1.44 bits per heavy atom. The van der Waals surface area contributed by atoms with Gasteiger partial charge in [-0.05, 0) is 6.42 Å². The molecule has 0 aliphatic heterocycles. The molecule has 0 rings (SSSR count). The molecule has 3 nitrogen and oxygen atoms in total. The number of hydrogen-bond acceptors (Lipinski definition) is 2. The van der Waals surface area contributed by atoms with Gasteiger partial charge in [0.15, 0.2) is 0 Å². The van der Waals surface area contributed by atoms with Crippen LogP contribution >= 0.6 is 15.9 Å². The zero-order valence-corrected chi connectivity index (χ0v) is 9.57.